The maximum atomic E-state index is 4.24. The van der Waals surface area contributed by atoms with Crippen LogP contribution in [0.4, 0.5) is 0 Å². The van der Waals surface area contributed by atoms with Crippen molar-refractivity contribution >= 4 is 12.6 Å². The molecule has 0 N–H and O–H groups in total. The van der Waals surface area contributed by atoms with Gasteiger partial charge in [0, 0.05) is 0 Å². The van der Waals surface area contributed by atoms with Gasteiger partial charge in [-0.3, -0.25) is 0 Å². The van der Waals surface area contributed by atoms with Crippen molar-refractivity contribution in [2.45, 2.75) is 91.4 Å². The zero-order valence-electron chi connectivity index (χ0n) is 12.4. The molecule has 0 radical (unpaired) electrons. The van der Waals surface area contributed by atoms with E-state index in [0.717, 1.165) is 5.75 Å². The molecule has 0 atom stereocenters. The van der Waals surface area contributed by atoms with Gasteiger partial charge in [-0.05, 0) is 24.0 Å². The second-order valence-corrected chi connectivity index (χ2v) is 5.96. The third-order valence-corrected chi connectivity index (χ3v) is 4.93. The van der Waals surface area contributed by atoms with E-state index in [1.54, 1.807) is 0 Å². The average Bonchev–Trinajstić information content (AvgIpc) is 2.38. The highest BCUT2D eigenvalue weighted by molar-refractivity contribution is 7.80. The Bertz CT molecular complexity index is 141. The fourth-order valence-electron chi connectivity index (χ4n) is 2.78. The predicted molar refractivity (Wildman–Crippen MR) is 84.1 cm³/mol. The third kappa shape index (κ3) is 8.13. The summed E-state index contributed by atoms with van der Waals surface area (Å²) in [7, 11) is 0. The summed E-state index contributed by atoms with van der Waals surface area (Å²) in [5.74, 6) is 1.06. The van der Waals surface area contributed by atoms with Crippen LogP contribution < -0.4 is 0 Å². The number of rotatable bonds is 12. The van der Waals surface area contributed by atoms with Crippen molar-refractivity contribution in [1.82, 2.24) is 0 Å². The summed E-state index contributed by atoms with van der Waals surface area (Å²) in [5.41, 5.74) is 0.659. The van der Waals surface area contributed by atoms with Gasteiger partial charge in [0.15, 0.2) is 0 Å². The minimum Gasteiger partial charge on any atom is -0.179 e. The summed E-state index contributed by atoms with van der Waals surface area (Å²) in [6, 6.07) is 0. The van der Waals surface area contributed by atoms with Crippen LogP contribution in [0.2, 0.25) is 0 Å². The first kappa shape index (κ1) is 17.4. The van der Waals surface area contributed by atoms with Gasteiger partial charge in [-0.15, -0.1) is 0 Å². The second kappa shape index (κ2) is 11.4. The molecule has 0 rings (SSSR count). The molecule has 0 aromatic carbocycles. The minimum absolute atomic E-state index is 0.659. The summed E-state index contributed by atoms with van der Waals surface area (Å²) < 4.78 is 0. The van der Waals surface area contributed by atoms with E-state index in [0.29, 0.717) is 5.41 Å². The lowest BCUT2D eigenvalue weighted by atomic mass is 9.75. The topological polar surface area (TPSA) is 0 Å². The van der Waals surface area contributed by atoms with Gasteiger partial charge in [-0.25, -0.2) is 0 Å². The molecular weight excluding hydrogens is 224 g/mol. The molecule has 0 aliphatic carbocycles. The van der Waals surface area contributed by atoms with Gasteiger partial charge >= 0.3 is 0 Å². The zero-order valence-corrected chi connectivity index (χ0v) is 13.3. The van der Waals surface area contributed by atoms with E-state index in [2.05, 4.69) is 33.4 Å². The maximum Gasteiger partial charge on any atom is -0.00979 e. The van der Waals surface area contributed by atoms with Crippen molar-refractivity contribution in [2.75, 3.05) is 5.75 Å². The second-order valence-electron chi connectivity index (χ2n) is 5.51. The Morgan fingerprint density at radius 1 is 0.647 bits per heavy atom. The van der Waals surface area contributed by atoms with Gasteiger partial charge in [0.25, 0.3) is 0 Å². The number of thiol groups is 1. The molecule has 0 amide bonds. The largest absolute Gasteiger partial charge is 0.179 e. The lowest BCUT2D eigenvalue weighted by molar-refractivity contribution is 0.220. The van der Waals surface area contributed by atoms with Crippen molar-refractivity contribution in [1.29, 1.82) is 0 Å². The van der Waals surface area contributed by atoms with E-state index in [9.17, 15) is 0 Å². The van der Waals surface area contributed by atoms with Gasteiger partial charge < -0.3 is 0 Å². The van der Waals surface area contributed by atoms with E-state index in [1.165, 1.54) is 70.6 Å². The Morgan fingerprint density at radius 2 is 1.06 bits per heavy atom. The molecule has 0 unspecified atom stereocenters. The zero-order chi connectivity index (χ0) is 13.0. The van der Waals surface area contributed by atoms with Crippen molar-refractivity contribution in [2.24, 2.45) is 5.41 Å². The fourth-order valence-corrected chi connectivity index (χ4v) is 3.00. The number of hydrogen-bond donors (Lipinski definition) is 1. The highest BCUT2D eigenvalue weighted by atomic mass is 32.1. The molecule has 0 aromatic heterocycles. The molecule has 0 aromatic rings. The third-order valence-electron chi connectivity index (χ3n) is 4.62. The fraction of sp³-hybridized carbons (Fsp3) is 1.00. The molecule has 104 valence electrons. The highest BCUT2D eigenvalue weighted by Gasteiger charge is 2.22. The van der Waals surface area contributed by atoms with Crippen LogP contribution in [0.15, 0.2) is 0 Å². The van der Waals surface area contributed by atoms with Crippen LogP contribution in [0.5, 0.6) is 0 Å². The molecule has 0 spiro atoms. The molecule has 0 saturated heterocycles. The summed E-state index contributed by atoms with van der Waals surface area (Å²) in [6.07, 6.45) is 15.4. The van der Waals surface area contributed by atoms with E-state index < -0.39 is 0 Å². The molecule has 0 aliphatic heterocycles. The lowest BCUT2D eigenvalue weighted by Crippen LogP contribution is -2.17. The summed E-state index contributed by atoms with van der Waals surface area (Å²) in [6.45, 7) is 7.10. The molecule has 0 nitrogen and oxygen atoms in total. The molecule has 0 aliphatic rings. The quantitative estimate of drug-likeness (QED) is 0.310. The van der Waals surface area contributed by atoms with Crippen LogP contribution >= 0.6 is 12.6 Å². The van der Waals surface area contributed by atoms with E-state index in [-0.39, 0.29) is 0 Å². The first-order chi connectivity index (χ1) is 8.24. The lowest BCUT2D eigenvalue weighted by Gasteiger charge is -2.30. The van der Waals surface area contributed by atoms with Crippen molar-refractivity contribution in [3.05, 3.63) is 0 Å². The molecule has 0 saturated carbocycles. The van der Waals surface area contributed by atoms with Crippen LogP contribution in [0.1, 0.15) is 91.4 Å². The normalized spacial score (nSPS) is 12.0. The standard InChI is InChI=1S/C16H34S/c1-4-16(5-2,6-3)14-12-10-8-7-9-11-13-15-17/h17H,4-15H2,1-3H3. The molecule has 0 bridgehead atoms. The molecule has 0 fully saturated rings. The number of hydrogen-bond acceptors (Lipinski definition) is 1. The first-order valence-corrected chi connectivity index (χ1v) is 8.48. The van der Waals surface area contributed by atoms with E-state index >= 15 is 0 Å². The van der Waals surface area contributed by atoms with Crippen molar-refractivity contribution in [3.8, 4) is 0 Å². The molecular formula is C16H34S. The van der Waals surface area contributed by atoms with Gasteiger partial charge in [0.2, 0.25) is 0 Å². The molecule has 1 heteroatoms. The summed E-state index contributed by atoms with van der Waals surface area (Å²) in [5, 5.41) is 0. The van der Waals surface area contributed by atoms with E-state index in [1.807, 2.05) is 0 Å². The van der Waals surface area contributed by atoms with Crippen LogP contribution in [-0.4, -0.2) is 5.75 Å². The Labute approximate surface area is 115 Å². The van der Waals surface area contributed by atoms with Crippen LogP contribution in [-0.2, 0) is 0 Å². The Morgan fingerprint density at radius 3 is 1.47 bits per heavy atom. The van der Waals surface area contributed by atoms with Crippen LogP contribution in [0, 0.1) is 5.41 Å². The molecule has 0 heterocycles. The monoisotopic (exact) mass is 258 g/mol. The van der Waals surface area contributed by atoms with Crippen molar-refractivity contribution < 1.29 is 0 Å². The molecule has 17 heavy (non-hydrogen) atoms. The predicted octanol–water partition coefficient (Wildman–Crippen LogP) is 6.25. The summed E-state index contributed by atoms with van der Waals surface area (Å²) in [4.78, 5) is 0. The van der Waals surface area contributed by atoms with Gasteiger partial charge in [0.05, 0.1) is 0 Å². The van der Waals surface area contributed by atoms with Crippen molar-refractivity contribution in [3.63, 3.8) is 0 Å². The minimum atomic E-state index is 0.659. The smallest absolute Gasteiger partial charge is 0.00979 e. The van der Waals surface area contributed by atoms with Crippen LogP contribution in [0.25, 0.3) is 0 Å². The SMILES string of the molecule is CCC(CC)(CC)CCCCCCCCCS. The van der Waals surface area contributed by atoms with Crippen LogP contribution in [0.3, 0.4) is 0 Å². The Kier molecular flexibility index (Phi) is 11.7. The van der Waals surface area contributed by atoms with Gasteiger partial charge in [0.1, 0.15) is 0 Å². The average molecular weight is 259 g/mol. The summed E-state index contributed by atoms with van der Waals surface area (Å²) >= 11 is 4.24. The maximum absolute atomic E-state index is 4.24. The number of unbranched alkanes of at least 4 members (excludes halogenated alkanes) is 6. The van der Waals surface area contributed by atoms with Gasteiger partial charge in [-0.2, -0.15) is 12.6 Å². The Hall–Kier alpha value is 0.350. The first-order valence-electron chi connectivity index (χ1n) is 7.85. The highest BCUT2D eigenvalue weighted by Crippen LogP contribution is 2.36. The van der Waals surface area contributed by atoms with Gasteiger partial charge in [-0.1, -0.05) is 78.6 Å². The Balaban J connectivity index is 3.43. The van der Waals surface area contributed by atoms with E-state index in [4.69, 9.17) is 0 Å².